The normalized spacial score (nSPS) is 16.1. The smallest absolute Gasteiger partial charge is 0.273 e. The number of nitrogens with zero attached hydrogens (tertiary/aromatic N) is 5. The van der Waals surface area contributed by atoms with Crippen LogP contribution in [0.2, 0.25) is 0 Å². The van der Waals surface area contributed by atoms with Crippen molar-refractivity contribution < 1.29 is 4.79 Å². The van der Waals surface area contributed by atoms with E-state index in [1.54, 1.807) is 10.7 Å². The van der Waals surface area contributed by atoms with Crippen LogP contribution in [0.3, 0.4) is 0 Å². The Morgan fingerprint density at radius 3 is 2.69 bits per heavy atom. The number of pyridine rings is 1. The van der Waals surface area contributed by atoms with Gasteiger partial charge in [-0.1, -0.05) is 29.8 Å². The van der Waals surface area contributed by atoms with Gasteiger partial charge in [-0.05, 0) is 69.4 Å². The molecule has 1 fully saturated rings. The molecular weight excluding hydrogens is 398 g/mol. The Morgan fingerprint density at radius 2 is 1.84 bits per heavy atom. The van der Waals surface area contributed by atoms with Gasteiger partial charge in [-0.2, -0.15) is 5.10 Å². The van der Waals surface area contributed by atoms with Crippen LogP contribution in [0.1, 0.15) is 63.1 Å². The summed E-state index contributed by atoms with van der Waals surface area (Å²) in [6, 6.07) is 16.5. The quantitative estimate of drug-likeness (QED) is 0.479. The summed E-state index contributed by atoms with van der Waals surface area (Å²) in [5, 5.41) is 4.32. The molecule has 0 N–H and O–H groups in total. The molecule has 0 saturated carbocycles. The van der Waals surface area contributed by atoms with Gasteiger partial charge in [-0.25, -0.2) is 9.50 Å². The minimum absolute atomic E-state index is 0.0183. The maximum absolute atomic E-state index is 13.6. The van der Waals surface area contributed by atoms with Crippen LogP contribution in [-0.4, -0.2) is 36.9 Å². The minimum atomic E-state index is -0.0299. The molecule has 0 radical (unpaired) electrons. The highest BCUT2D eigenvalue weighted by Gasteiger charge is 2.33. The summed E-state index contributed by atoms with van der Waals surface area (Å²) in [6.07, 6.45) is 4.42. The summed E-state index contributed by atoms with van der Waals surface area (Å²) in [5.41, 5.74) is 7.79. The van der Waals surface area contributed by atoms with Gasteiger partial charge < -0.3 is 4.90 Å². The molecule has 32 heavy (non-hydrogen) atoms. The number of likely N-dealkylation sites (tertiary alicyclic amines) is 1. The number of aromatic nitrogens is 4. The lowest BCUT2D eigenvalue weighted by molar-refractivity contribution is 0.0723. The lowest BCUT2D eigenvalue weighted by Gasteiger charge is -2.25. The molecule has 1 aliphatic heterocycles. The Balaban J connectivity index is 1.47. The second kappa shape index (κ2) is 8.19. The second-order valence-corrected chi connectivity index (χ2v) is 8.75. The number of rotatable bonds is 4. The lowest BCUT2D eigenvalue weighted by Crippen LogP contribution is -2.32. The maximum Gasteiger partial charge on any atom is 0.273 e. The second-order valence-electron chi connectivity index (χ2n) is 8.75. The molecular formula is C26H27N5O. The topological polar surface area (TPSA) is 63.4 Å². The van der Waals surface area contributed by atoms with Crippen molar-refractivity contribution in [2.45, 2.75) is 46.1 Å². The van der Waals surface area contributed by atoms with E-state index in [2.05, 4.69) is 53.4 Å². The van der Waals surface area contributed by atoms with E-state index >= 15 is 0 Å². The molecule has 4 heterocycles. The molecule has 1 aromatic carbocycles. The molecule has 5 rings (SSSR count). The van der Waals surface area contributed by atoms with Crippen molar-refractivity contribution in [1.82, 2.24) is 24.5 Å². The van der Waals surface area contributed by atoms with Crippen LogP contribution in [0.5, 0.6) is 0 Å². The Labute approximate surface area is 187 Å². The number of carbonyl (C=O) groups is 1. The average molecular weight is 426 g/mol. The highest BCUT2D eigenvalue weighted by molar-refractivity contribution is 5.93. The predicted molar refractivity (Wildman–Crippen MR) is 124 cm³/mol. The van der Waals surface area contributed by atoms with Crippen LogP contribution in [0.25, 0.3) is 5.65 Å². The molecule has 1 aliphatic rings. The molecule has 0 spiro atoms. The molecule has 4 aromatic rings. The third kappa shape index (κ3) is 3.88. The Hall–Kier alpha value is -3.54. The van der Waals surface area contributed by atoms with E-state index in [9.17, 15) is 4.79 Å². The lowest BCUT2D eigenvalue weighted by atomic mass is 10.0. The van der Waals surface area contributed by atoms with E-state index in [1.165, 1.54) is 16.7 Å². The third-order valence-corrected chi connectivity index (χ3v) is 6.09. The number of benzene rings is 1. The standard InChI is InChI=1S/C26H27N5O/c1-17-6-4-7-20(12-17)15-21-13-18(2)28-22(16-21)23-8-5-11-30(23)26(32)24-14-19(3)29-25-9-10-27-31(24)25/h4,6-7,9-10,12-14,16,23H,5,8,11,15H2,1-3H3. The average Bonchev–Trinajstić information content (AvgIpc) is 3.42. The Morgan fingerprint density at radius 1 is 1.00 bits per heavy atom. The van der Waals surface area contributed by atoms with Gasteiger partial charge in [-0.3, -0.25) is 9.78 Å². The number of hydrogen-bond donors (Lipinski definition) is 0. The molecule has 6 heteroatoms. The number of aryl methyl sites for hydroxylation is 3. The van der Waals surface area contributed by atoms with Crippen LogP contribution in [0.15, 0.2) is 54.7 Å². The summed E-state index contributed by atoms with van der Waals surface area (Å²) >= 11 is 0. The van der Waals surface area contributed by atoms with E-state index in [-0.39, 0.29) is 11.9 Å². The van der Waals surface area contributed by atoms with Gasteiger partial charge in [0.25, 0.3) is 5.91 Å². The molecule has 0 aliphatic carbocycles. The Kier molecular flexibility index (Phi) is 5.21. The summed E-state index contributed by atoms with van der Waals surface area (Å²) in [6.45, 7) is 6.78. The first-order chi connectivity index (χ1) is 15.5. The van der Waals surface area contributed by atoms with Crippen molar-refractivity contribution in [3.8, 4) is 0 Å². The van der Waals surface area contributed by atoms with E-state index in [0.29, 0.717) is 11.3 Å². The zero-order valence-corrected chi connectivity index (χ0v) is 18.7. The largest absolute Gasteiger partial charge is 0.329 e. The molecule has 3 aromatic heterocycles. The van der Waals surface area contributed by atoms with Crippen LogP contribution in [0.4, 0.5) is 0 Å². The zero-order valence-electron chi connectivity index (χ0n) is 18.7. The van der Waals surface area contributed by atoms with Gasteiger partial charge in [0.1, 0.15) is 5.69 Å². The van der Waals surface area contributed by atoms with Gasteiger partial charge >= 0.3 is 0 Å². The SMILES string of the molecule is Cc1cccc(Cc2cc(C)nc(C3CCCN3C(=O)c3cc(C)nc4ccnn34)c2)c1. The van der Waals surface area contributed by atoms with Gasteiger partial charge in [0.15, 0.2) is 5.65 Å². The minimum Gasteiger partial charge on any atom is -0.329 e. The van der Waals surface area contributed by atoms with E-state index < -0.39 is 0 Å². The van der Waals surface area contributed by atoms with Crippen molar-refractivity contribution >= 4 is 11.6 Å². The fraction of sp³-hybridized carbons (Fsp3) is 0.308. The first-order valence-corrected chi connectivity index (χ1v) is 11.1. The summed E-state index contributed by atoms with van der Waals surface area (Å²) in [7, 11) is 0. The van der Waals surface area contributed by atoms with E-state index in [4.69, 9.17) is 4.98 Å². The fourth-order valence-corrected chi connectivity index (χ4v) is 4.75. The predicted octanol–water partition coefficient (Wildman–Crippen LogP) is 4.62. The van der Waals surface area contributed by atoms with Gasteiger partial charge in [0, 0.05) is 24.0 Å². The maximum atomic E-state index is 13.6. The number of fused-ring (bicyclic) bond motifs is 1. The van der Waals surface area contributed by atoms with Gasteiger partial charge in [0.05, 0.1) is 17.9 Å². The molecule has 1 atom stereocenters. The van der Waals surface area contributed by atoms with Crippen molar-refractivity contribution in [3.63, 3.8) is 0 Å². The van der Waals surface area contributed by atoms with Crippen LogP contribution in [-0.2, 0) is 6.42 Å². The van der Waals surface area contributed by atoms with Crippen LogP contribution >= 0.6 is 0 Å². The monoisotopic (exact) mass is 425 g/mol. The molecule has 162 valence electrons. The van der Waals surface area contributed by atoms with Gasteiger partial charge in [0.2, 0.25) is 0 Å². The fourth-order valence-electron chi connectivity index (χ4n) is 4.75. The molecule has 1 unspecified atom stereocenters. The number of amides is 1. The van der Waals surface area contributed by atoms with Crippen LogP contribution < -0.4 is 0 Å². The molecule has 1 saturated heterocycles. The molecule has 0 bridgehead atoms. The van der Waals surface area contributed by atoms with Crippen molar-refractivity contribution in [3.05, 3.63) is 94.2 Å². The summed E-state index contributed by atoms with van der Waals surface area (Å²) in [5.74, 6) is -0.0183. The van der Waals surface area contributed by atoms with Crippen molar-refractivity contribution in [2.24, 2.45) is 0 Å². The number of carbonyl (C=O) groups excluding carboxylic acids is 1. The first kappa shape index (κ1) is 20.4. The highest BCUT2D eigenvalue weighted by Crippen LogP contribution is 2.33. The summed E-state index contributed by atoms with van der Waals surface area (Å²) < 4.78 is 1.64. The third-order valence-electron chi connectivity index (χ3n) is 6.09. The van der Waals surface area contributed by atoms with Crippen molar-refractivity contribution in [2.75, 3.05) is 6.54 Å². The van der Waals surface area contributed by atoms with Crippen molar-refractivity contribution in [1.29, 1.82) is 0 Å². The zero-order chi connectivity index (χ0) is 22.2. The van der Waals surface area contributed by atoms with E-state index in [1.807, 2.05) is 30.9 Å². The summed E-state index contributed by atoms with van der Waals surface area (Å²) in [4.78, 5) is 24.9. The van der Waals surface area contributed by atoms with Crippen LogP contribution in [0, 0.1) is 20.8 Å². The molecule has 1 amide bonds. The Bertz CT molecular complexity index is 1310. The van der Waals surface area contributed by atoms with E-state index in [0.717, 1.165) is 42.9 Å². The highest BCUT2D eigenvalue weighted by atomic mass is 16.2. The number of hydrogen-bond acceptors (Lipinski definition) is 4. The molecule has 6 nitrogen and oxygen atoms in total. The first-order valence-electron chi connectivity index (χ1n) is 11.1. The van der Waals surface area contributed by atoms with Gasteiger partial charge in [-0.15, -0.1) is 0 Å².